The van der Waals surface area contributed by atoms with Crippen molar-refractivity contribution in [3.05, 3.63) is 34.1 Å². The molecule has 36 heavy (non-hydrogen) atoms. The number of hydrogen-bond acceptors (Lipinski definition) is 6. The van der Waals surface area contributed by atoms with Crippen LogP contribution in [0.4, 0.5) is 9.18 Å². The number of amidine groups is 1. The van der Waals surface area contributed by atoms with Gasteiger partial charge in [0.15, 0.2) is 5.17 Å². The quantitative estimate of drug-likeness (QED) is 0.206. The van der Waals surface area contributed by atoms with E-state index in [9.17, 15) is 14.7 Å². The lowest BCUT2D eigenvalue weighted by atomic mass is 9.74. The number of hydrogen-bond donors (Lipinski definition) is 1. The third kappa shape index (κ3) is 7.32. The zero-order chi connectivity index (χ0) is 27.7. The average Bonchev–Trinajstić information content (AvgIpc) is 2.71. The Morgan fingerprint density at radius 1 is 1.28 bits per heavy atom. The number of halogens is 2. The molecule has 1 aliphatic rings. The molecule has 1 heterocycles. The van der Waals surface area contributed by atoms with E-state index in [1.165, 1.54) is 11.0 Å². The molecule has 1 aromatic carbocycles. The second-order valence-corrected chi connectivity index (χ2v) is 19.6. The first-order valence-corrected chi connectivity index (χ1v) is 17.2. The van der Waals surface area contributed by atoms with Crippen molar-refractivity contribution in [3.8, 4) is 0 Å². The summed E-state index contributed by atoms with van der Waals surface area (Å²) in [6.45, 7) is 17.2. The van der Waals surface area contributed by atoms with E-state index in [4.69, 9.17) is 14.5 Å². The van der Waals surface area contributed by atoms with Gasteiger partial charge >= 0.3 is 12.1 Å². The van der Waals surface area contributed by atoms with Crippen LogP contribution in [0.15, 0.2) is 27.7 Å². The van der Waals surface area contributed by atoms with Gasteiger partial charge in [-0.1, -0.05) is 54.3 Å². The van der Waals surface area contributed by atoms with Crippen LogP contribution in [-0.4, -0.2) is 59.0 Å². The van der Waals surface area contributed by atoms with Crippen LogP contribution in [0.5, 0.6) is 0 Å². The first-order chi connectivity index (χ1) is 16.3. The zero-order valence-electron chi connectivity index (χ0n) is 22.6. The molecule has 0 unspecified atom stereocenters. The first kappa shape index (κ1) is 30.8. The van der Waals surface area contributed by atoms with E-state index < -0.39 is 47.8 Å². The molecule has 1 aromatic rings. The fourth-order valence-electron chi connectivity index (χ4n) is 3.69. The molecule has 3 atom stereocenters. The molecular weight excluding hydrogens is 567 g/mol. The van der Waals surface area contributed by atoms with Crippen molar-refractivity contribution in [3.63, 3.8) is 0 Å². The monoisotopic (exact) mass is 604 g/mol. The van der Waals surface area contributed by atoms with Crippen LogP contribution in [0.1, 0.15) is 47.1 Å². The number of aliphatic imine (C=N–C) groups is 1. The summed E-state index contributed by atoms with van der Waals surface area (Å²) in [6.07, 6.45) is -0.707. The Morgan fingerprint density at radius 2 is 1.89 bits per heavy atom. The van der Waals surface area contributed by atoms with Crippen molar-refractivity contribution in [1.82, 2.24) is 4.90 Å². The summed E-state index contributed by atoms with van der Waals surface area (Å²) >= 11 is 4.34. The van der Waals surface area contributed by atoms with Crippen molar-refractivity contribution in [2.45, 2.75) is 83.1 Å². The summed E-state index contributed by atoms with van der Waals surface area (Å²) in [7, 11) is -1.38. The number of carbonyl (C=O) groups is 2. The summed E-state index contributed by atoms with van der Waals surface area (Å²) in [5.74, 6) is -2.23. The Kier molecular flexibility index (Phi) is 9.52. The van der Waals surface area contributed by atoms with Crippen LogP contribution in [0.3, 0.4) is 0 Å². The van der Waals surface area contributed by atoms with Gasteiger partial charge in [-0.05, 0) is 58.9 Å². The molecule has 1 N–H and O–H groups in total. The number of ether oxygens (including phenoxy) is 2. The van der Waals surface area contributed by atoms with Gasteiger partial charge < -0.3 is 14.6 Å². The lowest BCUT2D eigenvalue weighted by Gasteiger charge is -2.47. The highest BCUT2D eigenvalue weighted by Gasteiger charge is 2.55. The molecule has 0 bridgehead atoms. The number of rotatable bonds is 7. The van der Waals surface area contributed by atoms with Gasteiger partial charge in [0.2, 0.25) is 0 Å². The summed E-state index contributed by atoms with van der Waals surface area (Å²) in [6, 6.07) is 5.38. The molecule has 0 saturated heterocycles. The Hall–Kier alpha value is -1.43. The fourth-order valence-corrected chi connectivity index (χ4v) is 6.16. The minimum Gasteiger partial charge on any atom is -0.480 e. The van der Waals surface area contributed by atoms with Crippen LogP contribution in [-0.2, 0) is 19.8 Å². The van der Waals surface area contributed by atoms with E-state index in [1.54, 1.807) is 53.7 Å². The van der Waals surface area contributed by atoms with Crippen molar-refractivity contribution in [2.24, 2.45) is 10.9 Å². The second kappa shape index (κ2) is 11.1. The van der Waals surface area contributed by atoms with E-state index in [-0.39, 0.29) is 17.5 Å². The van der Waals surface area contributed by atoms with E-state index in [0.29, 0.717) is 11.1 Å². The Bertz CT molecular complexity index is 1030. The molecule has 11 heteroatoms. The summed E-state index contributed by atoms with van der Waals surface area (Å²) in [5.41, 5.74) is -1.85. The lowest BCUT2D eigenvalue weighted by molar-refractivity contribution is -0.141. The SMILES string of the molecule is C[C@@H]1[C@@](C)(C(=O)O)SC(N(COCC[Si](C)(C)C)C(=O)OC(C)(C)C)=N[C@]1(C)c1cc(Br)ccc1F. The van der Waals surface area contributed by atoms with Crippen LogP contribution >= 0.6 is 27.7 Å². The molecule has 1 amide bonds. The van der Waals surface area contributed by atoms with E-state index in [1.807, 2.05) is 0 Å². The smallest absolute Gasteiger partial charge is 0.418 e. The van der Waals surface area contributed by atoms with E-state index in [0.717, 1.165) is 17.8 Å². The number of benzene rings is 1. The summed E-state index contributed by atoms with van der Waals surface area (Å²) in [5, 5.41) is 10.4. The van der Waals surface area contributed by atoms with Crippen LogP contribution < -0.4 is 0 Å². The van der Waals surface area contributed by atoms with Crippen molar-refractivity contribution < 1.29 is 28.6 Å². The Labute approximate surface area is 227 Å². The van der Waals surface area contributed by atoms with Crippen LogP contribution in [0.2, 0.25) is 25.7 Å². The number of nitrogens with zero attached hydrogens (tertiary/aromatic N) is 2. The standard InChI is InChI=1S/C25H38BrFN2O5SSi/c1-16-24(5,18-14-17(26)10-11-19(18)27)28-21(35-25(16,6)20(30)31)29(22(32)34-23(2,3)4)15-33-12-13-36(7,8)9/h10-11,14,16H,12-13,15H2,1-9H3,(H,30,31)/t16-,24-,25-/m0/s1. The predicted molar refractivity (Wildman–Crippen MR) is 149 cm³/mol. The van der Waals surface area contributed by atoms with Crippen molar-refractivity contribution in [2.75, 3.05) is 13.3 Å². The molecule has 0 fully saturated rings. The molecule has 0 radical (unpaired) electrons. The molecule has 0 spiro atoms. The van der Waals surface area contributed by atoms with Gasteiger partial charge in [-0.25, -0.2) is 14.1 Å². The van der Waals surface area contributed by atoms with Crippen LogP contribution in [0.25, 0.3) is 0 Å². The van der Waals surface area contributed by atoms with Gasteiger partial charge in [0.1, 0.15) is 22.9 Å². The minimum absolute atomic E-state index is 0.113. The zero-order valence-corrected chi connectivity index (χ0v) is 26.0. The van der Waals surface area contributed by atoms with Gasteiger partial charge in [0, 0.05) is 30.6 Å². The predicted octanol–water partition coefficient (Wildman–Crippen LogP) is 6.94. The first-order valence-electron chi connectivity index (χ1n) is 11.9. The third-order valence-corrected chi connectivity index (χ3v) is 9.90. The molecule has 0 aliphatic carbocycles. The van der Waals surface area contributed by atoms with Crippen LogP contribution in [0, 0.1) is 11.7 Å². The Morgan fingerprint density at radius 3 is 2.42 bits per heavy atom. The summed E-state index contributed by atoms with van der Waals surface area (Å²) < 4.78 is 25.8. The second-order valence-electron chi connectivity index (χ2n) is 11.7. The average molecular weight is 606 g/mol. The lowest BCUT2D eigenvalue weighted by Crippen LogP contribution is -2.55. The topological polar surface area (TPSA) is 88.4 Å². The third-order valence-electron chi connectivity index (χ3n) is 6.26. The van der Waals surface area contributed by atoms with Gasteiger partial charge in [-0.2, -0.15) is 0 Å². The largest absolute Gasteiger partial charge is 0.480 e. The van der Waals surface area contributed by atoms with Gasteiger partial charge in [-0.15, -0.1) is 0 Å². The molecule has 1 aliphatic heterocycles. The minimum atomic E-state index is -1.42. The molecular formula is C25H38BrFN2O5SSi. The highest BCUT2D eigenvalue weighted by atomic mass is 79.9. The van der Waals surface area contributed by atoms with Gasteiger partial charge in [-0.3, -0.25) is 9.79 Å². The number of thioether (sulfide) groups is 1. The fraction of sp³-hybridized carbons (Fsp3) is 0.640. The highest BCUT2D eigenvalue weighted by Crippen LogP contribution is 2.52. The van der Waals surface area contributed by atoms with Gasteiger partial charge in [0.05, 0.1) is 5.54 Å². The molecule has 202 valence electrons. The summed E-state index contributed by atoms with van der Waals surface area (Å²) in [4.78, 5) is 31.9. The number of carboxylic acids is 1. The van der Waals surface area contributed by atoms with Crippen molar-refractivity contribution >= 4 is 53.0 Å². The highest BCUT2D eigenvalue weighted by molar-refractivity contribution is 9.10. The number of amides is 1. The number of aliphatic carboxylic acids is 1. The number of carboxylic acid groups (broad SMARTS) is 1. The van der Waals surface area contributed by atoms with Gasteiger partial charge in [0.25, 0.3) is 0 Å². The van der Waals surface area contributed by atoms with E-state index >= 15 is 4.39 Å². The number of carbonyl (C=O) groups excluding carboxylic acids is 1. The van der Waals surface area contributed by atoms with E-state index in [2.05, 4.69) is 35.6 Å². The molecule has 7 nitrogen and oxygen atoms in total. The maximum absolute atomic E-state index is 15.1. The molecule has 0 aromatic heterocycles. The normalized spacial score (nSPS) is 24.8. The molecule has 2 rings (SSSR count). The Balaban J connectivity index is 2.62. The van der Waals surface area contributed by atoms with Crippen molar-refractivity contribution in [1.29, 1.82) is 0 Å². The molecule has 0 saturated carbocycles. The maximum atomic E-state index is 15.1. The maximum Gasteiger partial charge on any atom is 0.418 e.